The second-order valence-corrected chi connectivity index (χ2v) is 11.2. The molecule has 1 aliphatic heterocycles. The third kappa shape index (κ3) is 8.69. The van der Waals surface area contributed by atoms with E-state index in [2.05, 4.69) is 10.6 Å². The molecule has 1 aromatic rings. The van der Waals surface area contributed by atoms with Crippen LogP contribution in [-0.2, 0) is 16.1 Å². The number of carbonyl (C=O) groups is 2. The Hall–Kier alpha value is -2.28. The lowest BCUT2D eigenvalue weighted by Gasteiger charge is -2.31. The summed E-state index contributed by atoms with van der Waals surface area (Å²) in [6, 6.07) is 5.77. The number of nitrogens with one attached hydrogen (secondary N) is 2. The number of nitrogens with zero attached hydrogens (tertiary/aromatic N) is 2. The summed E-state index contributed by atoms with van der Waals surface area (Å²) in [5.41, 5.74) is 2.32. The van der Waals surface area contributed by atoms with Crippen LogP contribution in [0.4, 0.5) is 16.2 Å². The number of benzene rings is 1. The fourth-order valence-corrected chi connectivity index (χ4v) is 3.77. The second kappa shape index (κ2) is 10.6. The smallest absolute Gasteiger partial charge is 0.318 e. The zero-order valence-corrected chi connectivity index (χ0v) is 21.2. The molecule has 0 saturated carbocycles. The molecule has 1 atom stereocenters. The molecular weight excluding hydrogens is 404 g/mol. The Morgan fingerprint density at radius 1 is 1.12 bits per heavy atom. The Kier molecular flexibility index (Phi) is 8.57. The van der Waals surface area contributed by atoms with Crippen molar-refractivity contribution in [2.24, 2.45) is 5.41 Å². The van der Waals surface area contributed by atoms with Gasteiger partial charge in [-0.2, -0.15) is 0 Å². The van der Waals surface area contributed by atoms with Gasteiger partial charge in [0.05, 0.1) is 6.10 Å². The highest BCUT2D eigenvalue weighted by atomic mass is 16.5. The highest BCUT2D eigenvalue weighted by Gasteiger charge is 2.26. The predicted molar refractivity (Wildman–Crippen MR) is 131 cm³/mol. The Morgan fingerprint density at radius 2 is 1.81 bits per heavy atom. The number of hydrogen-bond acceptors (Lipinski definition) is 4. The molecule has 0 bridgehead atoms. The van der Waals surface area contributed by atoms with E-state index in [1.165, 1.54) is 0 Å². The number of ether oxygens (including phenoxy) is 1. The number of amides is 3. The molecule has 32 heavy (non-hydrogen) atoms. The first-order chi connectivity index (χ1) is 14.7. The normalized spacial score (nSPS) is 16.6. The third-order valence-corrected chi connectivity index (χ3v) is 5.11. The minimum absolute atomic E-state index is 0.0114. The number of urea groups is 1. The first-order valence-electron chi connectivity index (χ1n) is 11.5. The first-order valence-corrected chi connectivity index (χ1v) is 11.5. The Labute approximate surface area is 193 Å². The minimum Gasteiger partial charge on any atom is -0.377 e. The van der Waals surface area contributed by atoms with Gasteiger partial charge in [0.1, 0.15) is 0 Å². The van der Waals surface area contributed by atoms with Crippen molar-refractivity contribution in [1.82, 2.24) is 10.2 Å². The summed E-state index contributed by atoms with van der Waals surface area (Å²) in [6.45, 7) is 13.8. The molecule has 0 radical (unpaired) electrons. The molecule has 1 unspecified atom stereocenters. The molecule has 0 aromatic heterocycles. The molecule has 2 N–H and O–H groups in total. The first kappa shape index (κ1) is 26.0. The van der Waals surface area contributed by atoms with Crippen molar-refractivity contribution >= 4 is 23.3 Å². The van der Waals surface area contributed by atoms with E-state index < -0.39 is 0 Å². The number of rotatable bonds is 7. The van der Waals surface area contributed by atoms with Crippen LogP contribution >= 0.6 is 0 Å². The van der Waals surface area contributed by atoms with Gasteiger partial charge in [-0.3, -0.25) is 4.79 Å². The summed E-state index contributed by atoms with van der Waals surface area (Å²) in [5.74, 6) is -0.0114. The maximum Gasteiger partial charge on any atom is 0.318 e. The van der Waals surface area contributed by atoms with Gasteiger partial charge in [0.25, 0.3) is 0 Å². The highest BCUT2D eigenvalue weighted by molar-refractivity contribution is 5.91. The van der Waals surface area contributed by atoms with E-state index in [1.54, 1.807) is 0 Å². The summed E-state index contributed by atoms with van der Waals surface area (Å²) < 4.78 is 5.81. The lowest BCUT2D eigenvalue weighted by atomic mass is 9.92. The lowest BCUT2D eigenvalue weighted by Crippen LogP contribution is -2.50. The van der Waals surface area contributed by atoms with Gasteiger partial charge in [-0.25, -0.2) is 4.79 Å². The van der Waals surface area contributed by atoms with Gasteiger partial charge in [0, 0.05) is 57.1 Å². The lowest BCUT2D eigenvalue weighted by molar-refractivity contribution is -0.117. The fraction of sp³-hybridized carbons (Fsp3) is 0.680. The summed E-state index contributed by atoms with van der Waals surface area (Å²) in [4.78, 5) is 29.4. The maximum atomic E-state index is 13.1. The molecule has 180 valence electrons. The Balaban J connectivity index is 2.28. The van der Waals surface area contributed by atoms with Crippen LogP contribution in [0.2, 0.25) is 0 Å². The molecule has 3 amide bonds. The number of hydrogen-bond donors (Lipinski definition) is 2. The van der Waals surface area contributed by atoms with Crippen molar-refractivity contribution in [3.05, 3.63) is 23.8 Å². The molecule has 1 saturated heterocycles. The highest BCUT2D eigenvalue weighted by Crippen LogP contribution is 2.27. The van der Waals surface area contributed by atoms with E-state index in [1.807, 2.05) is 83.6 Å². The summed E-state index contributed by atoms with van der Waals surface area (Å²) >= 11 is 0. The molecule has 2 rings (SSSR count). The van der Waals surface area contributed by atoms with Crippen molar-refractivity contribution in [3.63, 3.8) is 0 Å². The van der Waals surface area contributed by atoms with Crippen molar-refractivity contribution in [3.8, 4) is 0 Å². The summed E-state index contributed by atoms with van der Waals surface area (Å²) in [7, 11) is 3.96. The molecule has 0 aliphatic carbocycles. The van der Waals surface area contributed by atoms with Crippen LogP contribution in [0.5, 0.6) is 0 Å². The third-order valence-electron chi connectivity index (χ3n) is 5.11. The van der Waals surface area contributed by atoms with E-state index in [4.69, 9.17) is 4.74 Å². The van der Waals surface area contributed by atoms with Gasteiger partial charge in [-0.1, -0.05) is 20.8 Å². The Morgan fingerprint density at radius 3 is 2.34 bits per heavy atom. The minimum atomic E-state index is -0.334. The quantitative estimate of drug-likeness (QED) is 0.641. The topological polar surface area (TPSA) is 73.9 Å². The van der Waals surface area contributed by atoms with E-state index in [0.717, 1.165) is 36.4 Å². The largest absolute Gasteiger partial charge is 0.377 e. The van der Waals surface area contributed by atoms with Gasteiger partial charge < -0.3 is 25.2 Å². The molecule has 1 fully saturated rings. The van der Waals surface area contributed by atoms with E-state index in [-0.39, 0.29) is 29.0 Å². The molecule has 0 spiro atoms. The zero-order valence-electron chi connectivity index (χ0n) is 21.2. The van der Waals surface area contributed by atoms with Gasteiger partial charge in [0.15, 0.2) is 0 Å². The van der Waals surface area contributed by atoms with Crippen LogP contribution < -0.4 is 15.5 Å². The molecule has 7 nitrogen and oxygen atoms in total. The molecule has 7 heteroatoms. The fourth-order valence-electron chi connectivity index (χ4n) is 3.77. The Bertz CT molecular complexity index is 787. The van der Waals surface area contributed by atoms with Gasteiger partial charge >= 0.3 is 6.03 Å². The van der Waals surface area contributed by atoms with E-state index in [0.29, 0.717) is 19.5 Å². The summed E-state index contributed by atoms with van der Waals surface area (Å²) in [6.07, 6.45) is 2.48. The van der Waals surface area contributed by atoms with Gasteiger partial charge in [-0.15, -0.1) is 0 Å². The average Bonchev–Trinajstić information content (AvgIpc) is 3.11. The van der Waals surface area contributed by atoms with Crippen LogP contribution in [0.15, 0.2) is 18.2 Å². The zero-order chi connectivity index (χ0) is 24.1. The van der Waals surface area contributed by atoms with Crippen LogP contribution in [0.1, 0.15) is 66.4 Å². The van der Waals surface area contributed by atoms with Crippen molar-refractivity contribution in [1.29, 1.82) is 0 Å². The van der Waals surface area contributed by atoms with Crippen LogP contribution in [-0.4, -0.2) is 55.7 Å². The summed E-state index contributed by atoms with van der Waals surface area (Å²) in [5, 5.41) is 6.10. The molecule has 1 aromatic carbocycles. The van der Waals surface area contributed by atoms with Gasteiger partial charge in [0.2, 0.25) is 5.91 Å². The van der Waals surface area contributed by atoms with E-state index in [9.17, 15) is 9.59 Å². The predicted octanol–water partition coefficient (Wildman–Crippen LogP) is 4.62. The SMILES string of the molecule is CN(C)c1ccc(NC(=O)CC(C)(C)C)cc1CN(CC1CCCO1)C(=O)NC(C)(C)C. The van der Waals surface area contributed by atoms with Crippen LogP contribution in [0.25, 0.3) is 0 Å². The molecule has 1 heterocycles. The van der Waals surface area contributed by atoms with E-state index >= 15 is 0 Å². The maximum absolute atomic E-state index is 13.1. The van der Waals surface area contributed by atoms with Crippen molar-refractivity contribution in [2.45, 2.75) is 79.0 Å². The number of anilines is 2. The molecular formula is C25H42N4O3. The van der Waals surface area contributed by atoms with Crippen LogP contribution in [0.3, 0.4) is 0 Å². The van der Waals surface area contributed by atoms with Gasteiger partial charge in [-0.05, 0) is 62.8 Å². The van der Waals surface area contributed by atoms with Crippen molar-refractivity contribution in [2.75, 3.05) is 37.5 Å². The standard InChI is InChI=1S/C25H42N4O3/c1-24(2,3)15-22(30)26-19-11-12-21(28(7)8)18(14-19)16-29(17-20-10-9-13-32-20)23(31)27-25(4,5)6/h11-12,14,20H,9-10,13,15-17H2,1-8H3,(H,26,30)(H,27,31). The van der Waals surface area contributed by atoms with Crippen molar-refractivity contribution < 1.29 is 14.3 Å². The number of carbonyl (C=O) groups excluding carboxylic acids is 2. The second-order valence-electron chi connectivity index (χ2n) is 11.2. The average molecular weight is 447 g/mol. The molecule has 1 aliphatic rings. The van der Waals surface area contributed by atoms with Crippen LogP contribution in [0, 0.1) is 5.41 Å². The monoisotopic (exact) mass is 446 g/mol.